The van der Waals surface area contributed by atoms with Crippen LogP contribution in [-0.2, 0) is 0 Å². The van der Waals surface area contributed by atoms with E-state index in [9.17, 15) is 4.79 Å². The highest BCUT2D eigenvalue weighted by Gasteiger charge is 2.09. The number of hydrogen-bond acceptors (Lipinski definition) is 6. The highest BCUT2D eigenvalue weighted by Crippen LogP contribution is 2.27. The summed E-state index contributed by atoms with van der Waals surface area (Å²) in [7, 11) is 0. The monoisotopic (exact) mass is 371 g/mol. The Morgan fingerprint density at radius 3 is 2.76 bits per heavy atom. The number of rotatable bonds is 5. The quantitative estimate of drug-likeness (QED) is 0.524. The summed E-state index contributed by atoms with van der Waals surface area (Å²) in [6.07, 6.45) is 3.00. The first-order chi connectivity index (χ1) is 12.1. The van der Waals surface area contributed by atoms with Gasteiger partial charge in [0.15, 0.2) is 10.3 Å². The Morgan fingerprint density at radius 1 is 1.24 bits per heavy atom. The standard InChI is InChI=1S/C17H14ClN5OS/c1-11-5-7-12(8-6-11)21-17-22-15(18)14(25-17)10-20-23-16(24)13-4-2-3-9-19-13/h2-10H,1H3,(H,21,22)(H,23,24)/b20-10+. The SMILES string of the molecule is Cc1ccc(Nc2nc(Cl)c(/C=N/NC(=O)c3ccccn3)s2)cc1. The van der Waals surface area contributed by atoms with Crippen LogP contribution in [0.15, 0.2) is 53.8 Å². The van der Waals surface area contributed by atoms with E-state index in [0.29, 0.717) is 15.2 Å². The second-order valence-corrected chi connectivity index (χ2v) is 6.47. The van der Waals surface area contributed by atoms with Gasteiger partial charge in [0.1, 0.15) is 5.69 Å². The summed E-state index contributed by atoms with van der Waals surface area (Å²) in [6.45, 7) is 2.03. The van der Waals surface area contributed by atoms with Gasteiger partial charge in [0.2, 0.25) is 0 Å². The van der Waals surface area contributed by atoms with Gasteiger partial charge >= 0.3 is 0 Å². The highest BCUT2D eigenvalue weighted by atomic mass is 35.5. The first-order valence-electron chi connectivity index (χ1n) is 7.36. The normalized spacial score (nSPS) is 10.8. The van der Waals surface area contributed by atoms with Crippen molar-refractivity contribution in [1.29, 1.82) is 0 Å². The van der Waals surface area contributed by atoms with Gasteiger partial charge in [0.25, 0.3) is 5.91 Å². The second-order valence-electron chi connectivity index (χ2n) is 5.08. The van der Waals surface area contributed by atoms with Crippen LogP contribution in [0.5, 0.6) is 0 Å². The number of hydrazone groups is 1. The van der Waals surface area contributed by atoms with E-state index in [-0.39, 0.29) is 5.69 Å². The molecule has 0 radical (unpaired) electrons. The zero-order valence-corrected chi connectivity index (χ0v) is 14.8. The minimum atomic E-state index is -0.393. The molecule has 6 nitrogen and oxygen atoms in total. The summed E-state index contributed by atoms with van der Waals surface area (Å²) in [5.41, 5.74) is 4.80. The van der Waals surface area contributed by atoms with Crippen LogP contribution in [0.3, 0.4) is 0 Å². The van der Waals surface area contributed by atoms with Crippen LogP contribution in [0.2, 0.25) is 5.15 Å². The molecule has 3 rings (SSSR count). The van der Waals surface area contributed by atoms with Crippen LogP contribution >= 0.6 is 22.9 Å². The molecule has 3 aromatic rings. The van der Waals surface area contributed by atoms with Gasteiger partial charge in [-0.1, -0.05) is 46.7 Å². The molecule has 2 aromatic heterocycles. The van der Waals surface area contributed by atoms with Crippen molar-refractivity contribution in [1.82, 2.24) is 15.4 Å². The molecule has 0 aliphatic rings. The maximum absolute atomic E-state index is 11.8. The zero-order chi connectivity index (χ0) is 17.6. The van der Waals surface area contributed by atoms with E-state index >= 15 is 0 Å². The largest absolute Gasteiger partial charge is 0.331 e. The molecule has 8 heteroatoms. The number of aryl methyl sites for hydroxylation is 1. The third kappa shape index (κ3) is 4.62. The van der Waals surface area contributed by atoms with Crippen molar-refractivity contribution in [3.8, 4) is 0 Å². The molecule has 0 bridgehead atoms. The summed E-state index contributed by atoms with van der Waals surface area (Å²) in [5.74, 6) is -0.393. The first kappa shape index (κ1) is 17.1. The molecule has 1 aromatic carbocycles. The van der Waals surface area contributed by atoms with Crippen molar-refractivity contribution in [3.63, 3.8) is 0 Å². The van der Waals surface area contributed by atoms with Crippen LogP contribution in [-0.4, -0.2) is 22.1 Å². The molecule has 2 N–H and O–H groups in total. The maximum Gasteiger partial charge on any atom is 0.289 e. The zero-order valence-electron chi connectivity index (χ0n) is 13.2. The van der Waals surface area contributed by atoms with Crippen LogP contribution in [0.1, 0.15) is 20.9 Å². The predicted octanol–water partition coefficient (Wildman–Crippen LogP) is 4.01. The van der Waals surface area contributed by atoms with Gasteiger partial charge in [-0.2, -0.15) is 5.10 Å². The Bertz CT molecular complexity index is 893. The third-order valence-corrected chi connectivity index (χ3v) is 4.46. The Hall–Kier alpha value is -2.77. The molecule has 0 fully saturated rings. The second kappa shape index (κ2) is 7.87. The van der Waals surface area contributed by atoms with E-state index in [1.807, 2.05) is 31.2 Å². The lowest BCUT2D eigenvalue weighted by Gasteiger charge is -2.01. The topological polar surface area (TPSA) is 79.3 Å². The molecule has 1 amide bonds. The average Bonchev–Trinajstić information content (AvgIpc) is 2.97. The van der Waals surface area contributed by atoms with Gasteiger partial charge in [-0.15, -0.1) is 0 Å². The minimum absolute atomic E-state index is 0.289. The van der Waals surface area contributed by atoms with E-state index in [0.717, 1.165) is 5.69 Å². The number of thiazole rings is 1. The van der Waals surface area contributed by atoms with E-state index in [1.165, 1.54) is 23.1 Å². The molecule has 0 aliphatic heterocycles. The lowest BCUT2D eigenvalue weighted by molar-refractivity contribution is 0.0950. The van der Waals surface area contributed by atoms with Gasteiger partial charge < -0.3 is 5.32 Å². The molecule has 126 valence electrons. The Balaban J connectivity index is 1.64. The number of hydrogen-bond donors (Lipinski definition) is 2. The molecule has 25 heavy (non-hydrogen) atoms. The summed E-state index contributed by atoms with van der Waals surface area (Å²) in [4.78, 5) is 20.7. The van der Waals surface area contributed by atoms with Crippen molar-refractivity contribution in [2.24, 2.45) is 5.10 Å². The highest BCUT2D eigenvalue weighted by molar-refractivity contribution is 7.17. The van der Waals surface area contributed by atoms with Crippen molar-refractivity contribution in [2.45, 2.75) is 6.92 Å². The molecule has 0 saturated carbocycles. The van der Waals surface area contributed by atoms with Crippen molar-refractivity contribution < 1.29 is 4.79 Å². The molecule has 0 atom stereocenters. The first-order valence-corrected chi connectivity index (χ1v) is 8.56. The van der Waals surface area contributed by atoms with Gasteiger partial charge in [0.05, 0.1) is 11.1 Å². The Kier molecular flexibility index (Phi) is 5.37. The third-order valence-electron chi connectivity index (χ3n) is 3.16. The Labute approximate surface area is 153 Å². The number of pyridine rings is 1. The van der Waals surface area contributed by atoms with Crippen LogP contribution in [0, 0.1) is 6.92 Å². The number of amides is 1. The minimum Gasteiger partial charge on any atom is -0.331 e. The smallest absolute Gasteiger partial charge is 0.289 e. The van der Waals surface area contributed by atoms with Crippen molar-refractivity contribution >= 4 is 45.9 Å². The summed E-state index contributed by atoms with van der Waals surface area (Å²) in [6, 6.07) is 13.0. The van der Waals surface area contributed by atoms with E-state index in [4.69, 9.17) is 11.6 Å². The predicted molar refractivity (Wildman–Crippen MR) is 101 cm³/mol. The molecule has 2 heterocycles. The lowest BCUT2D eigenvalue weighted by Crippen LogP contribution is -2.18. The Morgan fingerprint density at radius 2 is 2.04 bits per heavy atom. The maximum atomic E-state index is 11.8. The summed E-state index contributed by atoms with van der Waals surface area (Å²) >= 11 is 7.45. The van der Waals surface area contributed by atoms with E-state index < -0.39 is 5.91 Å². The number of benzene rings is 1. The van der Waals surface area contributed by atoms with Gasteiger partial charge in [0, 0.05) is 11.9 Å². The number of carbonyl (C=O) groups is 1. The van der Waals surface area contributed by atoms with Crippen LogP contribution < -0.4 is 10.7 Å². The number of nitrogens with one attached hydrogen (secondary N) is 2. The fourth-order valence-electron chi connectivity index (χ4n) is 1.91. The van der Waals surface area contributed by atoms with Crippen molar-refractivity contribution in [3.05, 3.63) is 69.9 Å². The summed E-state index contributed by atoms with van der Waals surface area (Å²) in [5, 5.41) is 8.05. The molecule has 0 aliphatic carbocycles. The fraction of sp³-hybridized carbons (Fsp3) is 0.0588. The van der Waals surface area contributed by atoms with Gasteiger partial charge in [-0.05, 0) is 31.2 Å². The van der Waals surface area contributed by atoms with Crippen LogP contribution in [0.25, 0.3) is 0 Å². The molecule has 0 spiro atoms. The average molecular weight is 372 g/mol. The summed E-state index contributed by atoms with van der Waals surface area (Å²) < 4.78 is 0. The van der Waals surface area contributed by atoms with Crippen molar-refractivity contribution in [2.75, 3.05) is 5.32 Å². The van der Waals surface area contributed by atoms with E-state index in [2.05, 4.69) is 25.8 Å². The molecule has 0 saturated heterocycles. The molecular formula is C17H14ClN5OS. The molecular weight excluding hydrogens is 358 g/mol. The number of carbonyl (C=O) groups excluding carboxylic acids is 1. The number of aromatic nitrogens is 2. The van der Waals surface area contributed by atoms with Crippen LogP contribution in [0.4, 0.5) is 10.8 Å². The van der Waals surface area contributed by atoms with E-state index in [1.54, 1.807) is 24.4 Å². The van der Waals surface area contributed by atoms with Gasteiger partial charge in [-0.3, -0.25) is 9.78 Å². The molecule has 0 unspecified atom stereocenters. The van der Waals surface area contributed by atoms with Gasteiger partial charge in [-0.25, -0.2) is 10.4 Å². The number of anilines is 2. The fourth-order valence-corrected chi connectivity index (χ4v) is 2.96. The number of nitrogens with zero attached hydrogens (tertiary/aromatic N) is 3. The lowest BCUT2D eigenvalue weighted by atomic mass is 10.2. The number of halogens is 1.